The van der Waals surface area contributed by atoms with Gasteiger partial charge in [-0.1, -0.05) is 57.5 Å². The number of tetrazole rings is 1. The lowest BCUT2D eigenvalue weighted by atomic mass is 10.1. The second-order valence-electron chi connectivity index (χ2n) is 7.29. The molecule has 5 aromatic rings. The van der Waals surface area contributed by atoms with Gasteiger partial charge in [-0.15, -0.1) is 15.3 Å². The van der Waals surface area contributed by atoms with Crippen molar-refractivity contribution in [1.82, 2.24) is 30.4 Å². The van der Waals surface area contributed by atoms with Gasteiger partial charge in [-0.3, -0.25) is 0 Å². The Kier molecular flexibility index (Phi) is 6.57. The third-order valence-corrected chi connectivity index (χ3v) is 5.32. The Bertz CT molecular complexity index is 1450. The molecular formula is C24H18BrN7O3. The van der Waals surface area contributed by atoms with E-state index in [-0.39, 0.29) is 12.5 Å². The molecule has 2 aromatic heterocycles. The van der Waals surface area contributed by atoms with Gasteiger partial charge in [-0.05, 0) is 52.9 Å². The summed E-state index contributed by atoms with van der Waals surface area (Å²) in [6, 6.07) is 24.5. The third-order valence-electron chi connectivity index (χ3n) is 4.82. The third kappa shape index (κ3) is 5.41. The molecule has 10 nitrogen and oxygen atoms in total. The summed E-state index contributed by atoms with van der Waals surface area (Å²) < 4.78 is 14.1. The van der Waals surface area contributed by atoms with Crippen LogP contribution >= 0.6 is 15.9 Å². The van der Waals surface area contributed by atoms with E-state index in [1.165, 1.54) is 4.68 Å². The van der Waals surface area contributed by atoms with Gasteiger partial charge in [0.1, 0.15) is 11.5 Å². The van der Waals surface area contributed by atoms with E-state index in [2.05, 4.69) is 46.8 Å². The summed E-state index contributed by atoms with van der Waals surface area (Å²) in [6.07, 6.45) is 0. The fourth-order valence-corrected chi connectivity index (χ4v) is 3.54. The van der Waals surface area contributed by atoms with Gasteiger partial charge < -0.3 is 14.0 Å². The van der Waals surface area contributed by atoms with Crippen molar-refractivity contribution < 1.29 is 14.0 Å². The van der Waals surface area contributed by atoms with E-state index in [1.54, 1.807) is 7.05 Å². The summed E-state index contributed by atoms with van der Waals surface area (Å²) >= 11 is 3.44. The molecule has 0 unspecified atom stereocenters. The molecule has 0 bridgehead atoms. The normalized spacial score (nSPS) is 11.4. The van der Waals surface area contributed by atoms with E-state index in [1.807, 2.05) is 78.9 Å². The highest BCUT2D eigenvalue weighted by Crippen LogP contribution is 2.27. The predicted octanol–water partition coefficient (Wildman–Crippen LogP) is 4.78. The molecule has 2 heterocycles. The molecule has 3 aromatic carbocycles. The maximum absolute atomic E-state index is 5.86. The number of hydrogen-bond donors (Lipinski definition) is 0. The Morgan fingerprint density at radius 2 is 1.77 bits per heavy atom. The van der Waals surface area contributed by atoms with Crippen LogP contribution in [-0.4, -0.2) is 36.1 Å². The van der Waals surface area contributed by atoms with Crippen LogP contribution in [-0.2, 0) is 18.5 Å². The molecule has 0 radical (unpaired) electrons. The lowest BCUT2D eigenvalue weighted by Crippen LogP contribution is -2.12. The number of hydrogen-bond acceptors (Lipinski definition) is 9. The van der Waals surface area contributed by atoms with Crippen LogP contribution < -0.4 is 4.74 Å². The van der Waals surface area contributed by atoms with Crippen molar-refractivity contribution >= 4 is 21.6 Å². The minimum atomic E-state index is -0.0152. The highest BCUT2D eigenvalue weighted by Gasteiger charge is 2.15. The summed E-state index contributed by atoms with van der Waals surface area (Å²) in [5.74, 6) is 2.53. The maximum Gasteiger partial charge on any atom is 0.257 e. The minimum absolute atomic E-state index is 0.0152. The van der Waals surface area contributed by atoms with Crippen LogP contribution in [0.4, 0.5) is 0 Å². The zero-order chi connectivity index (χ0) is 24.0. The fourth-order valence-electron chi connectivity index (χ4n) is 3.16. The van der Waals surface area contributed by atoms with E-state index < -0.39 is 0 Å². The highest BCUT2D eigenvalue weighted by molar-refractivity contribution is 9.10. The monoisotopic (exact) mass is 531 g/mol. The largest absolute Gasteiger partial charge is 0.457 e. The smallest absolute Gasteiger partial charge is 0.257 e. The lowest BCUT2D eigenvalue weighted by molar-refractivity contribution is 0.111. The van der Waals surface area contributed by atoms with Gasteiger partial charge in [0.25, 0.3) is 5.89 Å². The summed E-state index contributed by atoms with van der Waals surface area (Å²) in [6.45, 7) is -0.0152. The van der Waals surface area contributed by atoms with E-state index in [9.17, 15) is 0 Å². The van der Waals surface area contributed by atoms with Gasteiger partial charge in [0.15, 0.2) is 12.3 Å². The maximum atomic E-state index is 5.86. The number of ether oxygens (including phenoxy) is 1. The fraction of sp³-hybridized carbons (Fsp3) is 0.0833. The van der Waals surface area contributed by atoms with Crippen LogP contribution in [0.2, 0.25) is 0 Å². The second-order valence-corrected chi connectivity index (χ2v) is 8.21. The quantitative estimate of drug-likeness (QED) is 0.207. The first-order valence-corrected chi connectivity index (χ1v) is 11.3. The topological polar surface area (TPSA) is 113 Å². The standard InChI is InChI=1S/C24H18BrN7O3/c1-32-23(27-30-31-32)22(16-6-3-2-4-7-16)29-33-15-21-26-28-24(35-21)17-10-12-19(13-11-17)34-20-9-5-8-18(25)14-20/h2-14H,15H2,1H3/b29-22-. The molecular weight excluding hydrogens is 514 g/mol. The van der Waals surface area contributed by atoms with Crippen molar-refractivity contribution in [2.45, 2.75) is 6.61 Å². The first-order valence-electron chi connectivity index (χ1n) is 10.5. The molecule has 5 rings (SSSR count). The Morgan fingerprint density at radius 1 is 0.943 bits per heavy atom. The molecule has 0 spiro atoms. The number of oxime groups is 1. The highest BCUT2D eigenvalue weighted by atomic mass is 79.9. The molecule has 0 saturated carbocycles. The van der Waals surface area contributed by atoms with Crippen molar-refractivity contribution in [2.75, 3.05) is 0 Å². The number of aryl methyl sites for hydroxylation is 1. The Hall–Kier alpha value is -4.38. The van der Waals surface area contributed by atoms with E-state index >= 15 is 0 Å². The number of benzene rings is 3. The van der Waals surface area contributed by atoms with Gasteiger partial charge >= 0.3 is 0 Å². The van der Waals surface area contributed by atoms with Crippen molar-refractivity contribution in [3.05, 3.63) is 101 Å². The van der Waals surface area contributed by atoms with Crippen LogP contribution in [0.1, 0.15) is 17.3 Å². The van der Waals surface area contributed by atoms with Crippen LogP contribution in [0.25, 0.3) is 11.5 Å². The molecule has 0 aliphatic heterocycles. The average molecular weight is 532 g/mol. The molecule has 0 aliphatic carbocycles. The lowest BCUT2D eigenvalue weighted by Gasteiger charge is -2.06. The number of aromatic nitrogens is 6. The molecule has 0 amide bonds. The van der Waals surface area contributed by atoms with Crippen molar-refractivity contribution in [3.63, 3.8) is 0 Å². The summed E-state index contributed by atoms with van der Waals surface area (Å²) in [7, 11) is 1.73. The second kappa shape index (κ2) is 10.3. The van der Waals surface area contributed by atoms with Gasteiger partial charge in [0.2, 0.25) is 11.7 Å². The Balaban J connectivity index is 1.26. The van der Waals surface area contributed by atoms with Crippen molar-refractivity contribution in [3.8, 4) is 23.0 Å². The van der Waals surface area contributed by atoms with Crippen LogP contribution in [0.3, 0.4) is 0 Å². The van der Waals surface area contributed by atoms with E-state index in [0.717, 1.165) is 21.3 Å². The Morgan fingerprint density at radius 3 is 2.51 bits per heavy atom. The molecule has 35 heavy (non-hydrogen) atoms. The van der Waals surface area contributed by atoms with Gasteiger partial charge in [0, 0.05) is 22.6 Å². The average Bonchev–Trinajstić information content (AvgIpc) is 3.52. The zero-order valence-electron chi connectivity index (χ0n) is 18.4. The zero-order valence-corrected chi connectivity index (χ0v) is 20.0. The molecule has 0 N–H and O–H groups in total. The molecule has 0 aliphatic rings. The number of nitrogens with zero attached hydrogens (tertiary/aromatic N) is 7. The SMILES string of the molecule is Cn1nnnc1/C(=N\OCc1nnc(-c2ccc(Oc3cccc(Br)c3)cc2)o1)c1ccccc1. The van der Waals surface area contributed by atoms with Crippen molar-refractivity contribution in [1.29, 1.82) is 0 Å². The molecule has 0 saturated heterocycles. The first-order chi connectivity index (χ1) is 17.2. The first kappa shape index (κ1) is 22.4. The van der Waals surface area contributed by atoms with Gasteiger partial charge in [0.05, 0.1) is 0 Å². The van der Waals surface area contributed by atoms with Gasteiger partial charge in [-0.25, -0.2) is 4.68 Å². The van der Waals surface area contributed by atoms with E-state index in [4.69, 9.17) is 14.0 Å². The molecule has 0 fully saturated rings. The molecule has 174 valence electrons. The molecule has 0 atom stereocenters. The minimum Gasteiger partial charge on any atom is -0.457 e. The molecule has 11 heteroatoms. The van der Waals surface area contributed by atoms with Gasteiger partial charge in [-0.2, -0.15) is 0 Å². The van der Waals surface area contributed by atoms with Crippen molar-refractivity contribution in [2.24, 2.45) is 12.2 Å². The van der Waals surface area contributed by atoms with Crippen LogP contribution in [0.15, 0.2) is 92.9 Å². The number of halogens is 1. The summed E-state index contributed by atoms with van der Waals surface area (Å²) in [5.41, 5.74) is 2.05. The summed E-state index contributed by atoms with van der Waals surface area (Å²) in [4.78, 5) is 5.52. The van der Waals surface area contributed by atoms with Crippen LogP contribution in [0, 0.1) is 0 Å². The summed E-state index contributed by atoms with van der Waals surface area (Å²) in [5, 5.41) is 24.0. The van der Waals surface area contributed by atoms with Crippen LogP contribution in [0.5, 0.6) is 11.5 Å². The predicted molar refractivity (Wildman–Crippen MR) is 130 cm³/mol. The Labute approximate surface area is 208 Å². The number of rotatable bonds is 8. The van der Waals surface area contributed by atoms with E-state index in [0.29, 0.717) is 23.2 Å².